The molecule has 0 saturated heterocycles. The fourth-order valence-corrected chi connectivity index (χ4v) is 4.23. The third-order valence-electron chi connectivity index (χ3n) is 3.85. The van der Waals surface area contributed by atoms with Gasteiger partial charge in [-0.25, -0.2) is 4.98 Å². The molecule has 4 rings (SSSR count). The van der Waals surface area contributed by atoms with Gasteiger partial charge in [-0.2, -0.15) is 0 Å². The maximum absolute atomic E-state index is 12.3. The number of rotatable bonds is 5. The molecule has 0 spiro atoms. The molecule has 0 amide bonds. The molecular weight excluding hydrogens is 348 g/mol. The standard InChI is InChI=1S/C15H14N4O3S2/c1-6-10-12(21)16-9(17-14(10)24-11(6)7(2)20)5-23-15-19-18-13(22-15)8-3-4-8/h8H,3-5H2,1-2H3,(H,16,17,21). The molecular formula is C15H14N4O3S2. The quantitative estimate of drug-likeness (QED) is 0.550. The summed E-state index contributed by atoms with van der Waals surface area (Å²) >= 11 is 2.60. The van der Waals surface area contributed by atoms with Gasteiger partial charge < -0.3 is 9.40 Å². The molecule has 0 aliphatic heterocycles. The van der Waals surface area contributed by atoms with Crippen LogP contribution in [0.2, 0.25) is 0 Å². The Morgan fingerprint density at radius 1 is 1.42 bits per heavy atom. The van der Waals surface area contributed by atoms with E-state index in [2.05, 4.69) is 20.2 Å². The van der Waals surface area contributed by atoms with Crippen LogP contribution in [-0.4, -0.2) is 25.9 Å². The SMILES string of the molecule is CC(=O)c1sc2nc(CSc3nnc(C4CC4)o3)[nH]c(=O)c2c1C. The van der Waals surface area contributed by atoms with Crippen LogP contribution in [0.3, 0.4) is 0 Å². The Morgan fingerprint density at radius 2 is 2.21 bits per heavy atom. The smallest absolute Gasteiger partial charge is 0.277 e. The van der Waals surface area contributed by atoms with Crippen molar-refractivity contribution < 1.29 is 9.21 Å². The molecule has 9 heteroatoms. The second kappa shape index (κ2) is 5.82. The number of hydrogen-bond donors (Lipinski definition) is 1. The number of H-pyrrole nitrogens is 1. The summed E-state index contributed by atoms with van der Waals surface area (Å²) in [6.45, 7) is 3.27. The first kappa shape index (κ1) is 15.5. The van der Waals surface area contributed by atoms with E-state index in [1.54, 1.807) is 6.92 Å². The van der Waals surface area contributed by atoms with Crippen LogP contribution in [0.4, 0.5) is 0 Å². The Hall–Kier alpha value is -2.00. The summed E-state index contributed by atoms with van der Waals surface area (Å²) in [7, 11) is 0. The van der Waals surface area contributed by atoms with Crippen LogP contribution in [0.25, 0.3) is 10.2 Å². The molecule has 24 heavy (non-hydrogen) atoms. The topological polar surface area (TPSA) is 102 Å². The summed E-state index contributed by atoms with van der Waals surface area (Å²) in [5, 5.41) is 9.00. The molecule has 1 N–H and O–H groups in total. The van der Waals surface area contributed by atoms with Crippen molar-refractivity contribution in [3.63, 3.8) is 0 Å². The molecule has 7 nitrogen and oxygen atoms in total. The summed E-state index contributed by atoms with van der Waals surface area (Å²) in [6.07, 6.45) is 2.21. The molecule has 0 bridgehead atoms. The van der Waals surface area contributed by atoms with Crippen molar-refractivity contribution in [2.24, 2.45) is 0 Å². The summed E-state index contributed by atoms with van der Waals surface area (Å²) in [6, 6.07) is 0. The Bertz CT molecular complexity index is 1000. The molecule has 0 unspecified atom stereocenters. The Labute approximate surface area is 144 Å². The van der Waals surface area contributed by atoms with Gasteiger partial charge in [0, 0.05) is 5.92 Å². The van der Waals surface area contributed by atoms with Crippen LogP contribution < -0.4 is 5.56 Å². The second-order valence-electron chi connectivity index (χ2n) is 5.77. The molecule has 0 aromatic carbocycles. The molecule has 0 radical (unpaired) electrons. The number of aromatic nitrogens is 4. The Balaban J connectivity index is 1.59. The van der Waals surface area contributed by atoms with Crippen LogP contribution >= 0.6 is 23.1 Å². The van der Waals surface area contributed by atoms with Crippen molar-refractivity contribution in [1.82, 2.24) is 20.2 Å². The molecule has 0 atom stereocenters. The van der Waals surface area contributed by atoms with E-state index in [1.807, 2.05) is 0 Å². The maximum atomic E-state index is 12.3. The monoisotopic (exact) mass is 362 g/mol. The molecule has 124 valence electrons. The zero-order valence-corrected chi connectivity index (χ0v) is 14.7. The van der Waals surface area contributed by atoms with E-state index in [0.717, 1.165) is 12.8 Å². The number of hydrogen-bond acceptors (Lipinski definition) is 8. The van der Waals surface area contributed by atoms with Crippen molar-refractivity contribution >= 4 is 39.1 Å². The number of nitrogens with one attached hydrogen (secondary N) is 1. The maximum Gasteiger partial charge on any atom is 0.277 e. The lowest BCUT2D eigenvalue weighted by Crippen LogP contribution is -2.11. The number of fused-ring (bicyclic) bond motifs is 1. The van der Waals surface area contributed by atoms with Gasteiger partial charge in [-0.3, -0.25) is 9.59 Å². The predicted molar refractivity (Wildman–Crippen MR) is 90.8 cm³/mol. The first-order valence-electron chi connectivity index (χ1n) is 7.52. The number of thiophene rings is 1. The highest BCUT2D eigenvalue weighted by Crippen LogP contribution is 2.40. The van der Waals surface area contributed by atoms with Crippen molar-refractivity contribution in [3.05, 3.63) is 32.5 Å². The number of nitrogens with zero attached hydrogens (tertiary/aromatic N) is 3. The molecule has 1 fully saturated rings. The van der Waals surface area contributed by atoms with Gasteiger partial charge in [0.25, 0.3) is 10.8 Å². The van der Waals surface area contributed by atoms with Crippen LogP contribution in [0, 0.1) is 6.92 Å². The van der Waals surface area contributed by atoms with Gasteiger partial charge >= 0.3 is 0 Å². The summed E-state index contributed by atoms with van der Waals surface area (Å²) in [4.78, 5) is 32.4. The Morgan fingerprint density at radius 3 is 2.92 bits per heavy atom. The fraction of sp³-hybridized carbons (Fsp3) is 0.400. The summed E-state index contributed by atoms with van der Waals surface area (Å²) < 4.78 is 5.58. The number of thioether (sulfide) groups is 1. The van der Waals surface area contributed by atoms with E-state index in [-0.39, 0.29) is 11.3 Å². The van der Waals surface area contributed by atoms with Gasteiger partial charge in [-0.05, 0) is 32.3 Å². The van der Waals surface area contributed by atoms with E-state index in [9.17, 15) is 9.59 Å². The normalized spacial score (nSPS) is 14.4. The van der Waals surface area contributed by atoms with Crippen LogP contribution in [0.1, 0.15) is 52.6 Å². The van der Waals surface area contributed by atoms with E-state index in [1.165, 1.54) is 30.0 Å². The minimum Gasteiger partial charge on any atom is -0.416 e. The number of carbonyl (C=O) groups excluding carboxylic acids is 1. The highest BCUT2D eigenvalue weighted by Gasteiger charge is 2.29. The van der Waals surface area contributed by atoms with Gasteiger partial charge in [-0.15, -0.1) is 21.5 Å². The molecule has 3 aromatic rings. The average molecular weight is 362 g/mol. The van der Waals surface area contributed by atoms with Crippen LogP contribution in [-0.2, 0) is 5.75 Å². The predicted octanol–water partition coefficient (Wildman–Crippen LogP) is 3.05. The van der Waals surface area contributed by atoms with Crippen molar-refractivity contribution in [2.45, 2.75) is 43.6 Å². The molecule has 3 aromatic heterocycles. The molecule has 3 heterocycles. The molecule has 1 saturated carbocycles. The van der Waals surface area contributed by atoms with Gasteiger partial charge in [-0.1, -0.05) is 11.8 Å². The first-order valence-corrected chi connectivity index (χ1v) is 9.32. The third kappa shape index (κ3) is 2.78. The van der Waals surface area contributed by atoms with Crippen molar-refractivity contribution in [3.8, 4) is 0 Å². The second-order valence-corrected chi connectivity index (χ2v) is 7.70. The first-order chi connectivity index (χ1) is 11.5. The van der Waals surface area contributed by atoms with E-state index < -0.39 is 0 Å². The highest BCUT2D eigenvalue weighted by molar-refractivity contribution is 7.98. The number of aromatic amines is 1. The van der Waals surface area contributed by atoms with E-state index in [4.69, 9.17) is 4.42 Å². The number of carbonyl (C=O) groups is 1. The zero-order valence-electron chi connectivity index (χ0n) is 13.1. The van der Waals surface area contributed by atoms with Crippen molar-refractivity contribution in [1.29, 1.82) is 0 Å². The number of aryl methyl sites for hydroxylation is 1. The van der Waals surface area contributed by atoms with Crippen LogP contribution in [0.15, 0.2) is 14.4 Å². The summed E-state index contributed by atoms with van der Waals surface area (Å²) in [5.41, 5.74) is 0.475. The molecule has 1 aliphatic carbocycles. The lowest BCUT2D eigenvalue weighted by molar-refractivity contribution is 0.102. The zero-order chi connectivity index (χ0) is 16.8. The lowest BCUT2D eigenvalue weighted by atomic mass is 10.2. The van der Waals surface area contributed by atoms with E-state index in [0.29, 0.717) is 49.3 Å². The minimum atomic E-state index is -0.221. The van der Waals surface area contributed by atoms with Gasteiger partial charge in [0.05, 0.1) is 16.0 Å². The average Bonchev–Trinajstić information content (AvgIpc) is 3.18. The van der Waals surface area contributed by atoms with Crippen molar-refractivity contribution in [2.75, 3.05) is 0 Å². The lowest BCUT2D eigenvalue weighted by Gasteiger charge is -1.98. The van der Waals surface area contributed by atoms with Crippen LogP contribution in [0.5, 0.6) is 0 Å². The van der Waals surface area contributed by atoms with E-state index >= 15 is 0 Å². The van der Waals surface area contributed by atoms with Gasteiger partial charge in [0.15, 0.2) is 5.78 Å². The molecule has 1 aliphatic rings. The number of Topliss-reactive ketones (excluding diaryl/α,β-unsaturated/α-hetero) is 1. The van der Waals surface area contributed by atoms with Gasteiger partial charge in [0.2, 0.25) is 5.89 Å². The fourth-order valence-electron chi connectivity index (χ4n) is 2.50. The minimum absolute atomic E-state index is 0.0516. The summed E-state index contributed by atoms with van der Waals surface area (Å²) in [5.74, 6) is 2.00. The number of ketones is 1. The third-order valence-corrected chi connectivity index (χ3v) is 5.97. The van der Waals surface area contributed by atoms with Gasteiger partial charge in [0.1, 0.15) is 10.7 Å². The Kier molecular flexibility index (Phi) is 3.76. The largest absolute Gasteiger partial charge is 0.416 e. The highest BCUT2D eigenvalue weighted by atomic mass is 32.2.